The first-order chi connectivity index (χ1) is 8.63. The summed E-state index contributed by atoms with van der Waals surface area (Å²) in [5.41, 5.74) is 0. The topological polar surface area (TPSA) is 52.6 Å². The Hall–Kier alpha value is -2.10. The maximum atomic E-state index is 10.8. The lowest BCUT2D eigenvalue weighted by Crippen LogP contribution is -2.04. The van der Waals surface area contributed by atoms with Crippen molar-refractivity contribution < 1.29 is 19.1 Å². The van der Waals surface area contributed by atoms with Gasteiger partial charge in [0.2, 0.25) is 0 Å². The highest BCUT2D eigenvalue weighted by atomic mass is 16.5. The molecule has 0 bridgehead atoms. The Morgan fingerprint density at radius 2 is 1.67 bits per heavy atom. The Morgan fingerprint density at radius 3 is 2.06 bits per heavy atom. The molecule has 1 aromatic carbocycles. The molecule has 0 heterocycles. The predicted molar refractivity (Wildman–Crippen MR) is 68.9 cm³/mol. The van der Waals surface area contributed by atoms with Crippen LogP contribution in [0.5, 0.6) is 5.75 Å². The van der Waals surface area contributed by atoms with Gasteiger partial charge in [-0.25, -0.2) is 0 Å². The number of rotatable bonds is 4. The Balaban J connectivity index is 0.000000360. The summed E-state index contributed by atoms with van der Waals surface area (Å²) in [6.07, 6.45) is 1.95. The summed E-state index contributed by atoms with van der Waals surface area (Å²) in [4.78, 5) is 20.9. The van der Waals surface area contributed by atoms with Gasteiger partial charge in [-0.2, -0.15) is 0 Å². The Bertz CT molecular complexity index is 371. The van der Waals surface area contributed by atoms with Gasteiger partial charge in [-0.3, -0.25) is 9.59 Å². The van der Waals surface area contributed by atoms with E-state index in [1.807, 2.05) is 18.2 Å². The molecule has 0 unspecified atom stereocenters. The number of benzene rings is 1. The second-order valence-electron chi connectivity index (χ2n) is 3.15. The highest BCUT2D eigenvalue weighted by Gasteiger charge is 1.98. The van der Waals surface area contributed by atoms with Gasteiger partial charge in [0.25, 0.3) is 0 Å². The number of hydrogen-bond donors (Lipinski definition) is 0. The Kier molecular flexibility index (Phi) is 8.90. The molecular formula is C14H18O4. The molecule has 0 aromatic heterocycles. The van der Waals surface area contributed by atoms with E-state index in [1.165, 1.54) is 0 Å². The fourth-order valence-electron chi connectivity index (χ4n) is 0.868. The number of esters is 2. The first kappa shape index (κ1) is 15.9. The molecule has 0 aliphatic carbocycles. The third-order valence-corrected chi connectivity index (χ3v) is 1.77. The van der Waals surface area contributed by atoms with Crippen LogP contribution in [0.3, 0.4) is 0 Å². The molecule has 0 N–H and O–H groups in total. The van der Waals surface area contributed by atoms with Crippen LogP contribution >= 0.6 is 0 Å². The largest absolute Gasteiger partial charge is 0.435 e. The molecule has 4 nitrogen and oxygen atoms in total. The van der Waals surface area contributed by atoms with Crippen LogP contribution in [-0.4, -0.2) is 11.9 Å². The summed E-state index contributed by atoms with van der Waals surface area (Å²) in [5, 5.41) is 0. The van der Waals surface area contributed by atoms with Gasteiger partial charge in [0.1, 0.15) is 5.75 Å². The minimum absolute atomic E-state index is 0.198. The molecule has 0 aliphatic heterocycles. The van der Waals surface area contributed by atoms with Crippen molar-refractivity contribution >= 4 is 11.9 Å². The van der Waals surface area contributed by atoms with Crippen LogP contribution in [0.15, 0.2) is 43.2 Å². The third kappa shape index (κ3) is 8.10. The average Bonchev–Trinajstić information content (AvgIpc) is 2.40. The monoisotopic (exact) mass is 250 g/mol. The first-order valence-corrected chi connectivity index (χ1v) is 5.70. The number of hydrogen-bond acceptors (Lipinski definition) is 4. The van der Waals surface area contributed by atoms with Crippen LogP contribution in [0.2, 0.25) is 0 Å². The summed E-state index contributed by atoms with van der Waals surface area (Å²) >= 11 is 0. The van der Waals surface area contributed by atoms with Gasteiger partial charge in [0, 0.05) is 12.8 Å². The lowest BCUT2D eigenvalue weighted by atomic mass is 10.3. The highest BCUT2D eigenvalue weighted by Crippen LogP contribution is 2.08. The molecule has 0 aliphatic rings. The van der Waals surface area contributed by atoms with E-state index in [4.69, 9.17) is 4.74 Å². The highest BCUT2D eigenvalue weighted by molar-refractivity contribution is 5.71. The second-order valence-corrected chi connectivity index (χ2v) is 3.15. The van der Waals surface area contributed by atoms with E-state index in [-0.39, 0.29) is 11.9 Å². The summed E-state index contributed by atoms with van der Waals surface area (Å²) in [6, 6.07) is 9.06. The van der Waals surface area contributed by atoms with Crippen molar-refractivity contribution in [2.24, 2.45) is 0 Å². The van der Waals surface area contributed by atoms with E-state index in [9.17, 15) is 9.59 Å². The van der Waals surface area contributed by atoms with E-state index in [0.717, 1.165) is 6.26 Å². The van der Waals surface area contributed by atoms with Gasteiger partial charge in [0.15, 0.2) is 0 Å². The molecule has 4 heteroatoms. The van der Waals surface area contributed by atoms with Crippen molar-refractivity contribution in [3.8, 4) is 5.75 Å². The van der Waals surface area contributed by atoms with Gasteiger partial charge < -0.3 is 9.47 Å². The number of ether oxygens (including phenoxy) is 2. The first-order valence-electron chi connectivity index (χ1n) is 5.70. The number of para-hydroxylation sites is 1. The Morgan fingerprint density at radius 1 is 1.11 bits per heavy atom. The van der Waals surface area contributed by atoms with Crippen molar-refractivity contribution in [3.63, 3.8) is 0 Å². The minimum Gasteiger partial charge on any atom is -0.435 e. The maximum Gasteiger partial charge on any atom is 0.310 e. The summed E-state index contributed by atoms with van der Waals surface area (Å²) in [5.74, 6) is 0.172. The molecule has 98 valence electrons. The second kappa shape index (κ2) is 10.1. The van der Waals surface area contributed by atoms with Gasteiger partial charge in [-0.05, 0) is 12.1 Å². The zero-order valence-electron chi connectivity index (χ0n) is 10.7. The van der Waals surface area contributed by atoms with Crippen molar-refractivity contribution in [2.75, 3.05) is 0 Å². The van der Waals surface area contributed by atoms with Crippen LogP contribution in [0.25, 0.3) is 0 Å². The Labute approximate surface area is 107 Å². The molecule has 0 amide bonds. The van der Waals surface area contributed by atoms with Crippen molar-refractivity contribution in [1.29, 1.82) is 0 Å². The van der Waals surface area contributed by atoms with E-state index in [0.29, 0.717) is 18.6 Å². The van der Waals surface area contributed by atoms with Gasteiger partial charge in [0.05, 0.1) is 6.26 Å². The molecule has 0 fully saturated rings. The van der Waals surface area contributed by atoms with Gasteiger partial charge in [-0.1, -0.05) is 38.6 Å². The summed E-state index contributed by atoms with van der Waals surface area (Å²) in [7, 11) is 0. The molecule has 1 rings (SSSR count). The van der Waals surface area contributed by atoms with Crippen molar-refractivity contribution in [3.05, 3.63) is 43.2 Å². The quantitative estimate of drug-likeness (QED) is 0.468. The smallest absolute Gasteiger partial charge is 0.310 e. The summed E-state index contributed by atoms with van der Waals surface area (Å²) < 4.78 is 9.24. The molecule has 18 heavy (non-hydrogen) atoms. The van der Waals surface area contributed by atoms with Crippen LogP contribution < -0.4 is 4.74 Å². The van der Waals surface area contributed by atoms with Crippen LogP contribution in [-0.2, 0) is 14.3 Å². The minimum atomic E-state index is -0.241. The van der Waals surface area contributed by atoms with E-state index in [1.54, 1.807) is 26.0 Å². The van der Waals surface area contributed by atoms with Crippen molar-refractivity contribution in [1.82, 2.24) is 0 Å². The molecular weight excluding hydrogens is 232 g/mol. The maximum absolute atomic E-state index is 10.8. The van der Waals surface area contributed by atoms with Crippen molar-refractivity contribution in [2.45, 2.75) is 26.7 Å². The molecule has 0 radical (unpaired) electrons. The zero-order valence-corrected chi connectivity index (χ0v) is 10.7. The number of carbonyl (C=O) groups is 2. The lowest BCUT2D eigenvalue weighted by Gasteiger charge is -1.99. The predicted octanol–water partition coefficient (Wildman–Crippen LogP) is 3.09. The van der Waals surface area contributed by atoms with Crippen LogP contribution in [0.4, 0.5) is 0 Å². The molecule has 0 spiro atoms. The normalized spacial score (nSPS) is 8.56. The number of carbonyl (C=O) groups excluding carboxylic acids is 2. The lowest BCUT2D eigenvalue weighted by molar-refractivity contribution is -0.137. The zero-order chi connectivity index (χ0) is 13.8. The fraction of sp³-hybridized carbons (Fsp3) is 0.286. The van der Waals surface area contributed by atoms with Gasteiger partial charge >= 0.3 is 11.9 Å². The average molecular weight is 250 g/mol. The van der Waals surface area contributed by atoms with E-state index < -0.39 is 0 Å². The fourth-order valence-corrected chi connectivity index (χ4v) is 0.868. The van der Waals surface area contributed by atoms with E-state index in [2.05, 4.69) is 11.3 Å². The van der Waals surface area contributed by atoms with Crippen LogP contribution in [0, 0.1) is 0 Å². The van der Waals surface area contributed by atoms with Crippen LogP contribution in [0.1, 0.15) is 26.7 Å². The van der Waals surface area contributed by atoms with Gasteiger partial charge in [-0.15, -0.1) is 0 Å². The SMILES string of the molecule is C=COC(=O)CC.CCC(=O)Oc1ccccc1. The summed E-state index contributed by atoms with van der Waals surface area (Å²) in [6.45, 7) is 6.70. The molecule has 1 aromatic rings. The molecule has 0 saturated heterocycles. The van der Waals surface area contributed by atoms with E-state index >= 15 is 0 Å². The standard InChI is InChI=1S/C9H10O2.C5H8O2/c1-2-9(10)11-8-6-4-3-5-7-8;1-3-5(6)7-4-2/h3-7H,2H2,1H3;4H,2-3H2,1H3. The third-order valence-electron chi connectivity index (χ3n) is 1.77. The molecule has 0 atom stereocenters. The molecule has 0 saturated carbocycles.